The van der Waals surface area contributed by atoms with Crippen LogP contribution in [0.25, 0.3) is 11.3 Å². The van der Waals surface area contributed by atoms with E-state index >= 15 is 0 Å². The number of carbonyl (C=O) groups excluding carboxylic acids is 1. The quantitative estimate of drug-likeness (QED) is 0.697. The third kappa shape index (κ3) is 3.51. The third-order valence-corrected chi connectivity index (χ3v) is 5.22. The molecular formula is C22H23N3O3. The number of para-hydroxylation sites is 1. The number of hydrogen-bond acceptors (Lipinski definition) is 5. The first-order chi connectivity index (χ1) is 13.7. The SMILES string of the molecule is COc1ccccc1C1CN(C(=O)c2cc(-c3ccccc3)on2)CCN1C. The summed E-state index contributed by atoms with van der Waals surface area (Å²) >= 11 is 0. The standard InChI is InChI=1S/C22H23N3O3/c1-24-12-13-25(15-19(24)17-10-6-7-11-20(17)27-2)22(26)18-14-21(28-23-18)16-8-4-3-5-9-16/h3-11,14,19H,12-13,15H2,1-2H3. The predicted molar refractivity (Wildman–Crippen MR) is 106 cm³/mol. The van der Waals surface area contributed by atoms with Crippen LogP contribution in [0.15, 0.2) is 65.2 Å². The molecule has 2 aromatic carbocycles. The van der Waals surface area contributed by atoms with E-state index in [2.05, 4.69) is 23.2 Å². The van der Waals surface area contributed by atoms with Gasteiger partial charge in [-0.15, -0.1) is 0 Å². The van der Waals surface area contributed by atoms with Crippen LogP contribution in [0.4, 0.5) is 0 Å². The van der Waals surface area contributed by atoms with Gasteiger partial charge in [-0.25, -0.2) is 0 Å². The van der Waals surface area contributed by atoms with Gasteiger partial charge in [0.25, 0.3) is 5.91 Å². The van der Waals surface area contributed by atoms with Crippen LogP contribution in [-0.2, 0) is 0 Å². The summed E-state index contributed by atoms with van der Waals surface area (Å²) in [5.41, 5.74) is 2.32. The minimum atomic E-state index is -0.112. The zero-order chi connectivity index (χ0) is 19.5. The van der Waals surface area contributed by atoms with E-state index in [-0.39, 0.29) is 11.9 Å². The van der Waals surface area contributed by atoms with Crippen molar-refractivity contribution >= 4 is 5.91 Å². The number of carbonyl (C=O) groups is 1. The Labute approximate surface area is 164 Å². The van der Waals surface area contributed by atoms with Gasteiger partial charge < -0.3 is 14.2 Å². The zero-order valence-corrected chi connectivity index (χ0v) is 16.0. The van der Waals surface area contributed by atoms with Gasteiger partial charge in [-0.1, -0.05) is 53.7 Å². The summed E-state index contributed by atoms with van der Waals surface area (Å²) < 4.78 is 10.9. The molecule has 1 fully saturated rings. The van der Waals surface area contributed by atoms with E-state index in [0.717, 1.165) is 23.4 Å². The fourth-order valence-corrected chi connectivity index (χ4v) is 3.61. The Hall–Kier alpha value is -3.12. The smallest absolute Gasteiger partial charge is 0.276 e. The maximum atomic E-state index is 13.0. The Kier molecular flexibility index (Phi) is 5.12. The Bertz CT molecular complexity index is 954. The van der Waals surface area contributed by atoms with E-state index in [1.54, 1.807) is 13.2 Å². The van der Waals surface area contributed by atoms with Crippen molar-refractivity contribution in [2.75, 3.05) is 33.8 Å². The largest absolute Gasteiger partial charge is 0.496 e. The van der Waals surface area contributed by atoms with Crippen LogP contribution >= 0.6 is 0 Å². The van der Waals surface area contributed by atoms with Crippen molar-refractivity contribution in [2.24, 2.45) is 0 Å². The van der Waals surface area contributed by atoms with Crippen LogP contribution in [-0.4, -0.2) is 54.7 Å². The molecule has 6 nitrogen and oxygen atoms in total. The van der Waals surface area contributed by atoms with Crippen molar-refractivity contribution in [3.63, 3.8) is 0 Å². The first-order valence-electron chi connectivity index (χ1n) is 9.32. The molecule has 28 heavy (non-hydrogen) atoms. The van der Waals surface area contributed by atoms with Gasteiger partial charge in [-0.05, 0) is 13.1 Å². The third-order valence-electron chi connectivity index (χ3n) is 5.22. The van der Waals surface area contributed by atoms with Crippen molar-refractivity contribution in [1.29, 1.82) is 0 Å². The Morgan fingerprint density at radius 1 is 1.11 bits per heavy atom. The first kappa shape index (κ1) is 18.3. The molecular weight excluding hydrogens is 354 g/mol. The van der Waals surface area contributed by atoms with E-state index in [0.29, 0.717) is 24.5 Å². The van der Waals surface area contributed by atoms with Gasteiger partial charge in [0.2, 0.25) is 0 Å². The molecule has 0 radical (unpaired) electrons. The van der Waals surface area contributed by atoms with Gasteiger partial charge in [-0.2, -0.15) is 0 Å². The molecule has 1 amide bonds. The lowest BCUT2D eigenvalue weighted by Gasteiger charge is -2.39. The van der Waals surface area contributed by atoms with Crippen LogP contribution < -0.4 is 4.74 Å². The molecule has 0 bridgehead atoms. The number of likely N-dealkylation sites (N-methyl/N-ethyl adjacent to an activating group) is 1. The highest BCUT2D eigenvalue weighted by Crippen LogP contribution is 2.31. The topological polar surface area (TPSA) is 58.8 Å². The summed E-state index contributed by atoms with van der Waals surface area (Å²) in [4.78, 5) is 17.1. The predicted octanol–water partition coefficient (Wildman–Crippen LogP) is 3.48. The van der Waals surface area contributed by atoms with Crippen LogP contribution in [0.5, 0.6) is 5.75 Å². The number of hydrogen-bond donors (Lipinski definition) is 0. The molecule has 1 unspecified atom stereocenters. The second-order valence-electron chi connectivity index (χ2n) is 6.93. The molecule has 2 heterocycles. The number of piperazine rings is 1. The van der Waals surface area contributed by atoms with Gasteiger partial charge in [0.1, 0.15) is 5.75 Å². The van der Waals surface area contributed by atoms with Crippen molar-refractivity contribution in [3.8, 4) is 17.1 Å². The Morgan fingerprint density at radius 2 is 1.86 bits per heavy atom. The average molecular weight is 377 g/mol. The van der Waals surface area contributed by atoms with E-state index in [4.69, 9.17) is 9.26 Å². The number of amides is 1. The summed E-state index contributed by atoms with van der Waals surface area (Å²) in [7, 11) is 3.74. The molecule has 1 atom stereocenters. The van der Waals surface area contributed by atoms with Crippen LogP contribution in [0.3, 0.4) is 0 Å². The molecule has 1 aromatic heterocycles. The van der Waals surface area contributed by atoms with Gasteiger partial charge >= 0.3 is 0 Å². The maximum Gasteiger partial charge on any atom is 0.276 e. The van der Waals surface area contributed by atoms with Gasteiger partial charge in [0.05, 0.1) is 13.2 Å². The van der Waals surface area contributed by atoms with Crippen LogP contribution in [0, 0.1) is 0 Å². The molecule has 0 N–H and O–H groups in total. The fraction of sp³-hybridized carbons (Fsp3) is 0.273. The molecule has 0 aliphatic carbocycles. The summed E-state index contributed by atoms with van der Waals surface area (Å²) in [6.45, 7) is 2.00. The summed E-state index contributed by atoms with van der Waals surface area (Å²) in [6.07, 6.45) is 0. The lowest BCUT2D eigenvalue weighted by atomic mass is 10.0. The van der Waals surface area contributed by atoms with Crippen molar-refractivity contribution in [1.82, 2.24) is 15.0 Å². The highest BCUT2D eigenvalue weighted by Gasteiger charge is 2.31. The highest BCUT2D eigenvalue weighted by atomic mass is 16.5. The van der Waals surface area contributed by atoms with E-state index in [9.17, 15) is 4.79 Å². The number of ether oxygens (including phenoxy) is 1. The molecule has 4 rings (SSSR count). The van der Waals surface area contributed by atoms with Crippen molar-refractivity contribution in [2.45, 2.75) is 6.04 Å². The molecule has 0 saturated carbocycles. The fourth-order valence-electron chi connectivity index (χ4n) is 3.61. The number of methoxy groups -OCH3 is 1. The normalized spacial score (nSPS) is 17.5. The van der Waals surface area contributed by atoms with E-state index in [1.807, 2.05) is 53.4 Å². The van der Waals surface area contributed by atoms with E-state index in [1.165, 1.54) is 0 Å². The number of nitrogens with zero attached hydrogens (tertiary/aromatic N) is 3. The maximum absolute atomic E-state index is 13.0. The molecule has 144 valence electrons. The highest BCUT2D eigenvalue weighted by molar-refractivity contribution is 5.93. The number of aromatic nitrogens is 1. The first-order valence-corrected chi connectivity index (χ1v) is 9.32. The van der Waals surface area contributed by atoms with Crippen LogP contribution in [0.1, 0.15) is 22.1 Å². The van der Waals surface area contributed by atoms with Crippen molar-refractivity contribution < 1.29 is 14.1 Å². The van der Waals surface area contributed by atoms with Gasteiger partial charge in [0.15, 0.2) is 11.5 Å². The van der Waals surface area contributed by atoms with E-state index < -0.39 is 0 Å². The van der Waals surface area contributed by atoms with Gasteiger partial charge in [-0.3, -0.25) is 9.69 Å². The Morgan fingerprint density at radius 3 is 2.64 bits per heavy atom. The lowest BCUT2D eigenvalue weighted by Crippen LogP contribution is -2.49. The second-order valence-corrected chi connectivity index (χ2v) is 6.93. The summed E-state index contributed by atoms with van der Waals surface area (Å²) in [6, 6.07) is 19.4. The minimum Gasteiger partial charge on any atom is -0.496 e. The van der Waals surface area contributed by atoms with Crippen LogP contribution in [0.2, 0.25) is 0 Å². The monoisotopic (exact) mass is 377 g/mol. The second kappa shape index (κ2) is 7.86. The molecule has 3 aromatic rings. The molecule has 1 saturated heterocycles. The number of benzene rings is 2. The lowest BCUT2D eigenvalue weighted by molar-refractivity contribution is 0.0533. The molecule has 6 heteroatoms. The summed E-state index contributed by atoms with van der Waals surface area (Å²) in [5, 5.41) is 4.01. The number of rotatable bonds is 4. The van der Waals surface area contributed by atoms with Crippen molar-refractivity contribution in [3.05, 3.63) is 71.9 Å². The minimum absolute atomic E-state index is 0.0642. The molecule has 0 spiro atoms. The summed E-state index contributed by atoms with van der Waals surface area (Å²) in [5.74, 6) is 1.32. The Balaban J connectivity index is 1.55. The average Bonchev–Trinajstić information content (AvgIpc) is 3.24. The zero-order valence-electron chi connectivity index (χ0n) is 16.0. The van der Waals surface area contributed by atoms with Gasteiger partial charge in [0, 0.05) is 36.8 Å². The molecule has 1 aliphatic heterocycles. The molecule has 1 aliphatic rings.